The van der Waals surface area contributed by atoms with Crippen molar-refractivity contribution in [2.24, 2.45) is 0 Å². The summed E-state index contributed by atoms with van der Waals surface area (Å²) in [7, 11) is 0. The number of hydrogen-bond donors (Lipinski definition) is 1. The standard InChI is InChI=1S/C19H22BrN3O2/c1-3-22-12-14(20)11-17(22)18(24)21-16-8-6-7-15(13(16)2)19(25)23-9-4-5-10-23/h6-8,11-12H,3-5,9-10H2,1-2H3,(H,21,24). The van der Waals surface area contributed by atoms with Crippen molar-refractivity contribution >= 4 is 33.4 Å². The van der Waals surface area contributed by atoms with E-state index in [9.17, 15) is 9.59 Å². The lowest BCUT2D eigenvalue weighted by atomic mass is 10.1. The number of nitrogens with one attached hydrogen (secondary N) is 1. The Morgan fingerprint density at radius 2 is 1.96 bits per heavy atom. The molecule has 1 aromatic heterocycles. The fourth-order valence-electron chi connectivity index (χ4n) is 3.21. The molecule has 1 saturated heterocycles. The van der Waals surface area contributed by atoms with E-state index in [1.54, 1.807) is 6.07 Å². The van der Waals surface area contributed by atoms with Crippen LogP contribution in [-0.2, 0) is 6.54 Å². The minimum absolute atomic E-state index is 0.0470. The molecule has 1 aliphatic heterocycles. The number of aryl methyl sites for hydroxylation is 1. The van der Waals surface area contributed by atoms with Crippen molar-refractivity contribution < 1.29 is 9.59 Å². The fraction of sp³-hybridized carbons (Fsp3) is 0.368. The van der Waals surface area contributed by atoms with Gasteiger partial charge in [-0.15, -0.1) is 0 Å². The highest BCUT2D eigenvalue weighted by Crippen LogP contribution is 2.23. The topological polar surface area (TPSA) is 54.3 Å². The second kappa shape index (κ2) is 7.44. The Balaban J connectivity index is 1.84. The van der Waals surface area contributed by atoms with Crippen LogP contribution in [-0.4, -0.2) is 34.4 Å². The molecular weight excluding hydrogens is 382 g/mol. The molecule has 5 nitrogen and oxygen atoms in total. The van der Waals surface area contributed by atoms with Crippen LogP contribution in [0.4, 0.5) is 5.69 Å². The molecule has 1 fully saturated rings. The van der Waals surface area contributed by atoms with Crippen molar-refractivity contribution in [2.75, 3.05) is 18.4 Å². The van der Waals surface area contributed by atoms with Crippen LogP contribution >= 0.6 is 15.9 Å². The number of carbonyl (C=O) groups is 2. The van der Waals surface area contributed by atoms with E-state index < -0.39 is 0 Å². The number of likely N-dealkylation sites (tertiary alicyclic amines) is 1. The molecule has 2 aromatic rings. The molecule has 0 unspecified atom stereocenters. The zero-order chi connectivity index (χ0) is 18.0. The Morgan fingerprint density at radius 1 is 1.24 bits per heavy atom. The third kappa shape index (κ3) is 3.63. The van der Waals surface area contributed by atoms with Crippen LogP contribution in [0.25, 0.3) is 0 Å². The van der Waals surface area contributed by atoms with E-state index in [0.29, 0.717) is 23.5 Å². The van der Waals surface area contributed by atoms with Crippen molar-refractivity contribution in [3.8, 4) is 0 Å². The molecule has 132 valence electrons. The maximum Gasteiger partial charge on any atom is 0.272 e. The molecule has 0 spiro atoms. The first-order valence-electron chi connectivity index (χ1n) is 8.57. The third-order valence-electron chi connectivity index (χ3n) is 4.64. The van der Waals surface area contributed by atoms with Gasteiger partial charge < -0.3 is 14.8 Å². The van der Waals surface area contributed by atoms with Gasteiger partial charge in [-0.05, 0) is 66.4 Å². The van der Waals surface area contributed by atoms with Crippen LogP contribution in [0.3, 0.4) is 0 Å². The maximum atomic E-state index is 12.7. The van der Waals surface area contributed by atoms with E-state index in [0.717, 1.165) is 36.0 Å². The quantitative estimate of drug-likeness (QED) is 0.836. The van der Waals surface area contributed by atoms with Crippen LogP contribution in [0.1, 0.15) is 46.2 Å². The first-order chi connectivity index (χ1) is 12.0. The Bertz CT molecular complexity index is 807. The first kappa shape index (κ1) is 17.7. The Hall–Kier alpha value is -2.08. The summed E-state index contributed by atoms with van der Waals surface area (Å²) in [6, 6.07) is 7.29. The highest BCUT2D eigenvalue weighted by molar-refractivity contribution is 9.10. The molecule has 6 heteroatoms. The SMILES string of the molecule is CCn1cc(Br)cc1C(=O)Nc1cccc(C(=O)N2CCCC2)c1C. The van der Waals surface area contributed by atoms with Gasteiger partial charge in [-0.2, -0.15) is 0 Å². The summed E-state index contributed by atoms with van der Waals surface area (Å²) in [6.45, 7) is 6.21. The molecule has 25 heavy (non-hydrogen) atoms. The summed E-state index contributed by atoms with van der Waals surface area (Å²) in [5, 5.41) is 2.95. The van der Waals surface area contributed by atoms with Gasteiger partial charge in [0.2, 0.25) is 0 Å². The van der Waals surface area contributed by atoms with Gasteiger partial charge in [-0.3, -0.25) is 9.59 Å². The zero-order valence-corrected chi connectivity index (χ0v) is 16.1. The van der Waals surface area contributed by atoms with Crippen molar-refractivity contribution in [3.63, 3.8) is 0 Å². The second-order valence-corrected chi connectivity index (χ2v) is 7.18. The number of halogens is 1. The summed E-state index contributed by atoms with van der Waals surface area (Å²) < 4.78 is 2.75. The van der Waals surface area contributed by atoms with Gasteiger partial charge in [0.1, 0.15) is 5.69 Å². The van der Waals surface area contributed by atoms with Crippen molar-refractivity contribution in [1.82, 2.24) is 9.47 Å². The van der Waals surface area contributed by atoms with Gasteiger partial charge in [0.25, 0.3) is 11.8 Å². The average molecular weight is 404 g/mol. The summed E-state index contributed by atoms with van der Waals surface area (Å²) in [4.78, 5) is 27.2. The molecular formula is C19H22BrN3O2. The number of aromatic nitrogens is 1. The molecule has 1 N–H and O–H groups in total. The van der Waals surface area contributed by atoms with Crippen LogP contribution in [0.5, 0.6) is 0 Å². The van der Waals surface area contributed by atoms with Gasteiger partial charge in [-0.1, -0.05) is 6.07 Å². The highest BCUT2D eigenvalue weighted by Gasteiger charge is 2.22. The Kier molecular flexibility index (Phi) is 5.27. The van der Waals surface area contributed by atoms with E-state index in [-0.39, 0.29) is 11.8 Å². The van der Waals surface area contributed by atoms with Crippen molar-refractivity contribution in [1.29, 1.82) is 0 Å². The third-order valence-corrected chi connectivity index (χ3v) is 5.08. The molecule has 0 saturated carbocycles. The summed E-state index contributed by atoms with van der Waals surface area (Å²) in [5.74, 6) is -0.132. The molecule has 0 aliphatic carbocycles. The van der Waals surface area contributed by atoms with Crippen molar-refractivity contribution in [2.45, 2.75) is 33.2 Å². The Labute approximate surface area is 156 Å². The largest absolute Gasteiger partial charge is 0.343 e. The van der Waals surface area contributed by atoms with E-state index in [1.807, 2.05) is 47.7 Å². The minimum Gasteiger partial charge on any atom is -0.343 e. The number of benzene rings is 1. The zero-order valence-electron chi connectivity index (χ0n) is 14.5. The number of carbonyl (C=O) groups excluding carboxylic acids is 2. The van der Waals surface area contributed by atoms with Gasteiger partial charge in [0.05, 0.1) is 0 Å². The van der Waals surface area contributed by atoms with E-state index in [2.05, 4.69) is 21.2 Å². The highest BCUT2D eigenvalue weighted by atomic mass is 79.9. The van der Waals surface area contributed by atoms with Crippen LogP contribution in [0, 0.1) is 6.92 Å². The molecule has 2 amide bonds. The lowest BCUT2D eigenvalue weighted by molar-refractivity contribution is 0.0791. The average Bonchev–Trinajstić information content (AvgIpc) is 3.25. The predicted molar refractivity (Wildman–Crippen MR) is 102 cm³/mol. The molecule has 2 heterocycles. The summed E-state index contributed by atoms with van der Waals surface area (Å²) in [5.41, 5.74) is 2.73. The summed E-state index contributed by atoms with van der Waals surface area (Å²) >= 11 is 3.41. The first-order valence-corrected chi connectivity index (χ1v) is 9.36. The number of rotatable bonds is 4. The fourth-order valence-corrected chi connectivity index (χ4v) is 3.67. The number of anilines is 1. The van der Waals surface area contributed by atoms with E-state index >= 15 is 0 Å². The lowest BCUT2D eigenvalue weighted by Gasteiger charge is -2.18. The number of amides is 2. The van der Waals surface area contributed by atoms with Crippen LogP contribution < -0.4 is 5.32 Å². The lowest BCUT2D eigenvalue weighted by Crippen LogP contribution is -2.28. The van der Waals surface area contributed by atoms with Crippen LogP contribution in [0.2, 0.25) is 0 Å². The second-order valence-electron chi connectivity index (χ2n) is 6.26. The van der Waals surface area contributed by atoms with Gasteiger partial charge in [-0.25, -0.2) is 0 Å². The van der Waals surface area contributed by atoms with Crippen molar-refractivity contribution in [3.05, 3.63) is 51.8 Å². The van der Waals surface area contributed by atoms with E-state index in [1.165, 1.54) is 0 Å². The number of hydrogen-bond acceptors (Lipinski definition) is 2. The molecule has 0 bridgehead atoms. The molecule has 0 atom stereocenters. The maximum absolute atomic E-state index is 12.7. The normalized spacial score (nSPS) is 14.0. The number of nitrogens with zero attached hydrogens (tertiary/aromatic N) is 2. The molecule has 1 aliphatic rings. The van der Waals surface area contributed by atoms with E-state index in [4.69, 9.17) is 0 Å². The predicted octanol–water partition coefficient (Wildman–Crippen LogP) is 4.07. The molecule has 3 rings (SSSR count). The molecule has 1 aromatic carbocycles. The van der Waals surface area contributed by atoms with Gasteiger partial charge in [0.15, 0.2) is 0 Å². The monoisotopic (exact) mass is 403 g/mol. The van der Waals surface area contributed by atoms with Gasteiger partial charge in [0, 0.05) is 41.6 Å². The smallest absolute Gasteiger partial charge is 0.272 e. The Morgan fingerprint density at radius 3 is 2.64 bits per heavy atom. The van der Waals surface area contributed by atoms with Crippen LogP contribution in [0.15, 0.2) is 34.9 Å². The molecule has 0 radical (unpaired) electrons. The minimum atomic E-state index is -0.179. The van der Waals surface area contributed by atoms with Gasteiger partial charge >= 0.3 is 0 Å². The summed E-state index contributed by atoms with van der Waals surface area (Å²) in [6.07, 6.45) is 4.00.